The summed E-state index contributed by atoms with van der Waals surface area (Å²) in [6, 6.07) is 1.44. The fourth-order valence-corrected chi connectivity index (χ4v) is 2.44. The van der Waals surface area contributed by atoms with Gasteiger partial charge in [0.2, 0.25) is 0 Å². The predicted octanol–water partition coefficient (Wildman–Crippen LogP) is 1.23. The highest BCUT2D eigenvalue weighted by atomic mass is 19.2. The molecule has 1 heterocycles. The molecule has 22 heavy (non-hydrogen) atoms. The molecule has 0 radical (unpaired) electrons. The Kier molecular flexibility index (Phi) is 6.63. The van der Waals surface area contributed by atoms with Crippen LogP contribution in [-0.4, -0.2) is 67.5 Å². The van der Waals surface area contributed by atoms with Crippen LogP contribution in [0.5, 0.6) is 0 Å². The molecule has 4 nitrogen and oxygen atoms in total. The van der Waals surface area contributed by atoms with Gasteiger partial charge in [0.25, 0.3) is 0 Å². The Balaban J connectivity index is 1.94. The first-order chi connectivity index (χ1) is 10.6. The number of hydrogen-bond acceptors (Lipinski definition) is 4. The van der Waals surface area contributed by atoms with E-state index in [-0.39, 0.29) is 18.7 Å². The van der Waals surface area contributed by atoms with Crippen molar-refractivity contribution in [2.75, 3.05) is 52.5 Å². The summed E-state index contributed by atoms with van der Waals surface area (Å²) < 4.78 is 45.2. The van der Waals surface area contributed by atoms with Gasteiger partial charge in [0.05, 0.1) is 19.8 Å². The van der Waals surface area contributed by atoms with E-state index in [4.69, 9.17) is 9.84 Å². The van der Waals surface area contributed by atoms with Gasteiger partial charge < -0.3 is 9.84 Å². The summed E-state index contributed by atoms with van der Waals surface area (Å²) in [5.41, 5.74) is 0.0920. The summed E-state index contributed by atoms with van der Waals surface area (Å²) in [4.78, 5) is 4.04. The number of benzene rings is 1. The Morgan fingerprint density at radius 1 is 1.05 bits per heavy atom. The molecule has 7 heteroatoms. The van der Waals surface area contributed by atoms with Gasteiger partial charge in [-0.2, -0.15) is 0 Å². The van der Waals surface area contributed by atoms with Crippen LogP contribution >= 0.6 is 0 Å². The predicted molar refractivity (Wildman–Crippen MR) is 75.9 cm³/mol. The van der Waals surface area contributed by atoms with Crippen molar-refractivity contribution in [2.45, 2.75) is 6.54 Å². The highest BCUT2D eigenvalue weighted by Crippen LogP contribution is 2.15. The largest absolute Gasteiger partial charge is 0.395 e. The lowest BCUT2D eigenvalue weighted by atomic mass is 10.2. The van der Waals surface area contributed by atoms with E-state index in [1.807, 2.05) is 4.90 Å². The zero-order valence-electron chi connectivity index (χ0n) is 12.4. The van der Waals surface area contributed by atoms with Crippen LogP contribution in [0.25, 0.3) is 0 Å². The molecule has 1 fully saturated rings. The van der Waals surface area contributed by atoms with Gasteiger partial charge in [0.1, 0.15) is 5.82 Å². The van der Waals surface area contributed by atoms with E-state index in [1.165, 1.54) is 0 Å². The minimum absolute atomic E-state index is 0.0750. The van der Waals surface area contributed by atoms with E-state index in [2.05, 4.69) is 4.90 Å². The minimum Gasteiger partial charge on any atom is -0.395 e. The fraction of sp³-hybridized carbons (Fsp3) is 0.600. The molecular weight excluding hydrogens is 297 g/mol. The number of halogens is 3. The second-order valence-electron chi connectivity index (χ2n) is 5.31. The van der Waals surface area contributed by atoms with E-state index in [0.29, 0.717) is 32.4 Å². The third-order valence-corrected chi connectivity index (χ3v) is 3.74. The van der Waals surface area contributed by atoms with Crippen molar-refractivity contribution in [3.8, 4) is 0 Å². The van der Waals surface area contributed by atoms with Crippen molar-refractivity contribution in [1.29, 1.82) is 0 Å². The SMILES string of the molecule is OCCN(CCN1CCOCC1)Cc1cc(F)c(F)cc1F. The highest BCUT2D eigenvalue weighted by molar-refractivity contribution is 5.20. The number of morpholine rings is 1. The molecule has 1 aliphatic rings. The van der Waals surface area contributed by atoms with Crippen LogP contribution in [-0.2, 0) is 11.3 Å². The van der Waals surface area contributed by atoms with Crippen molar-refractivity contribution in [2.24, 2.45) is 0 Å². The molecule has 2 rings (SSSR count). The summed E-state index contributed by atoms with van der Waals surface area (Å²) in [6.45, 7) is 4.84. The van der Waals surface area contributed by atoms with Crippen molar-refractivity contribution < 1.29 is 23.0 Å². The fourth-order valence-electron chi connectivity index (χ4n) is 2.44. The van der Waals surface area contributed by atoms with Crippen molar-refractivity contribution >= 4 is 0 Å². The van der Waals surface area contributed by atoms with E-state index < -0.39 is 17.5 Å². The Bertz CT molecular complexity index is 482. The van der Waals surface area contributed by atoms with E-state index >= 15 is 0 Å². The standard InChI is InChI=1S/C15H21F3N2O2/c16-13-10-15(18)14(17)9-12(13)11-20(3-6-21)2-1-19-4-7-22-8-5-19/h9-10,21H,1-8,11H2. The van der Waals surface area contributed by atoms with Crippen LogP contribution in [0.3, 0.4) is 0 Å². The molecule has 1 aliphatic heterocycles. The van der Waals surface area contributed by atoms with Crippen LogP contribution in [0.1, 0.15) is 5.56 Å². The monoisotopic (exact) mass is 318 g/mol. The number of rotatable bonds is 7. The smallest absolute Gasteiger partial charge is 0.161 e. The maximum atomic E-state index is 13.7. The minimum atomic E-state index is -1.19. The first-order valence-electron chi connectivity index (χ1n) is 7.37. The van der Waals surface area contributed by atoms with Gasteiger partial charge in [-0.25, -0.2) is 13.2 Å². The van der Waals surface area contributed by atoms with Gasteiger partial charge in [0, 0.05) is 50.9 Å². The molecule has 0 amide bonds. The van der Waals surface area contributed by atoms with Crippen LogP contribution in [0.4, 0.5) is 13.2 Å². The molecule has 124 valence electrons. The van der Waals surface area contributed by atoms with E-state index in [0.717, 1.165) is 25.7 Å². The summed E-state index contributed by atoms with van der Waals surface area (Å²) in [5, 5.41) is 9.12. The second-order valence-corrected chi connectivity index (χ2v) is 5.31. The van der Waals surface area contributed by atoms with Gasteiger partial charge in [-0.15, -0.1) is 0 Å². The summed E-state index contributed by atoms with van der Waals surface area (Å²) >= 11 is 0. The average Bonchev–Trinajstić information content (AvgIpc) is 2.51. The van der Waals surface area contributed by atoms with E-state index in [1.54, 1.807) is 0 Å². The molecule has 1 N–H and O–H groups in total. The molecule has 0 aliphatic carbocycles. The lowest BCUT2D eigenvalue weighted by Gasteiger charge is -2.30. The number of nitrogens with zero attached hydrogens (tertiary/aromatic N) is 2. The zero-order chi connectivity index (χ0) is 15.9. The molecule has 0 atom stereocenters. The maximum absolute atomic E-state index is 13.7. The molecule has 0 unspecified atom stereocenters. The van der Waals surface area contributed by atoms with E-state index in [9.17, 15) is 13.2 Å². The summed E-state index contributed by atoms with van der Waals surface area (Å²) in [6.07, 6.45) is 0. The number of hydrogen-bond donors (Lipinski definition) is 1. The summed E-state index contributed by atoms with van der Waals surface area (Å²) in [7, 11) is 0. The van der Waals surface area contributed by atoms with Crippen molar-refractivity contribution in [1.82, 2.24) is 9.80 Å². The quantitative estimate of drug-likeness (QED) is 0.767. The maximum Gasteiger partial charge on any atom is 0.161 e. The summed E-state index contributed by atoms with van der Waals surface area (Å²) in [5.74, 6) is -3.02. The van der Waals surface area contributed by atoms with Crippen LogP contribution < -0.4 is 0 Å². The Labute approximate surface area is 128 Å². The number of aliphatic hydroxyl groups excluding tert-OH is 1. The lowest BCUT2D eigenvalue weighted by Crippen LogP contribution is -2.42. The molecule has 0 spiro atoms. The Hall–Kier alpha value is -1.15. The molecule has 0 saturated carbocycles. The molecule has 1 saturated heterocycles. The number of ether oxygens (including phenoxy) is 1. The van der Waals surface area contributed by atoms with Gasteiger partial charge in [-0.1, -0.05) is 0 Å². The average molecular weight is 318 g/mol. The second kappa shape index (κ2) is 8.47. The molecular formula is C15H21F3N2O2. The van der Waals surface area contributed by atoms with Gasteiger partial charge >= 0.3 is 0 Å². The van der Waals surface area contributed by atoms with Crippen LogP contribution in [0.2, 0.25) is 0 Å². The number of aliphatic hydroxyl groups is 1. The van der Waals surface area contributed by atoms with Gasteiger partial charge in [0.15, 0.2) is 11.6 Å². The lowest BCUT2D eigenvalue weighted by molar-refractivity contribution is 0.0319. The molecule has 0 aromatic heterocycles. The zero-order valence-corrected chi connectivity index (χ0v) is 12.4. The third-order valence-electron chi connectivity index (χ3n) is 3.74. The normalized spacial score (nSPS) is 16.4. The van der Waals surface area contributed by atoms with Gasteiger partial charge in [-0.3, -0.25) is 9.80 Å². The highest BCUT2D eigenvalue weighted by Gasteiger charge is 2.15. The van der Waals surface area contributed by atoms with Gasteiger partial charge in [-0.05, 0) is 6.07 Å². The molecule has 0 bridgehead atoms. The Morgan fingerprint density at radius 3 is 2.41 bits per heavy atom. The van der Waals surface area contributed by atoms with Crippen molar-refractivity contribution in [3.63, 3.8) is 0 Å². The first-order valence-corrected chi connectivity index (χ1v) is 7.37. The third kappa shape index (κ3) is 4.95. The Morgan fingerprint density at radius 2 is 1.73 bits per heavy atom. The molecule has 1 aromatic carbocycles. The first kappa shape index (κ1) is 17.2. The topological polar surface area (TPSA) is 35.9 Å². The van der Waals surface area contributed by atoms with Crippen molar-refractivity contribution in [3.05, 3.63) is 35.1 Å². The van der Waals surface area contributed by atoms with Crippen LogP contribution in [0.15, 0.2) is 12.1 Å². The molecule has 1 aromatic rings. The van der Waals surface area contributed by atoms with Crippen LogP contribution in [0, 0.1) is 17.5 Å².